The number of carboxylic acids is 1. The highest BCUT2D eigenvalue weighted by Gasteiger charge is 2.59. The Kier molecular flexibility index (Phi) is 6.48. The Morgan fingerprint density at radius 1 is 1.03 bits per heavy atom. The summed E-state index contributed by atoms with van der Waals surface area (Å²) in [6, 6.07) is 14.0. The van der Waals surface area contributed by atoms with Gasteiger partial charge < -0.3 is 15.2 Å². The minimum absolute atomic E-state index is 0.206. The van der Waals surface area contributed by atoms with E-state index in [4.69, 9.17) is 9.84 Å². The number of carboxylic acid groups (broad SMARTS) is 1. The zero-order valence-corrected chi connectivity index (χ0v) is 18.9. The van der Waals surface area contributed by atoms with Crippen LogP contribution < -0.4 is 10.6 Å². The van der Waals surface area contributed by atoms with Crippen LogP contribution in [0.5, 0.6) is 0 Å². The van der Waals surface area contributed by atoms with Crippen molar-refractivity contribution in [1.82, 2.24) is 10.6 Å². The average Bonchev–Trinajstić information content (AvgIpc) is 3.59. The van der Waals surface area contributed by atoms with Gasteiger partial charge in [0.25, 0.3) is 5.91 Å². The third kappa shape index (κ3) is 4.96. The molecule has 2 atom stereocenters. The van der Waals surface area contributed by atoms with Crippen LogP contribution >= 0.6 is 0 Å². The van der Waals surface area contributed by atoms with Crippen LogP contribution in [0.3, 0.4) is 0 Å². The summed E-state index contributed by atoms with van der Waals surface area (Å²) in [6.45, 7) is 0.313. The quantitative estimate of drug-likeness (QED) is 0.514. The highest BCUT2D eigenvalue weighted by Crippen LogP contribution is 2.44. The molecule has 0 heterocycles. The van der Waals surface area contributed by atoms with Gasteiger partial charge in [-0.1, -0.05) is 48.5 Å². The smallest absolute Gasteiger partial charge is 0.420 e. The first-order chi connectivity index (χ1) is 16.5. The van der Waals surface area contributed by atoms with Crippen LogP contribution in [0.25, 0.3) is 11.1 Å². The van der Waals surface area contributed by atoms with Crippen molar-refractivity contribution in [1.29, 1.82) is 0 Å². The number of fused-ring (bicyclic) bond motifs is 3. The zero-order chi connectivity index (χ0) is 25.4. The lowest BCUT2D eigenvalue weighted by Crippen LogP contribution is -2.66. The van der Waals surface area contributed by atoms with Crippen molar-refractivity contribution in [3.8, 4) is 11.1 Å². The van der Waals surface area contributed by atoms with Crippen LogP contribution in [0.2, 0.25) is 0 Å². The van der Waals surface area contributed by atoms with Crippen LogP contribution in [-0.2, 0) is 14.3 Å². The van der Waals surface area contributed by atoms with Gasteiger partial charge >= 0.3 is 18.2 Å². The maximum atomic E-state index is 13.9. The van der Waals surface area contributed by atoms with Crippen LogP contribution in [0.15, 0.2) is 48.5 Å². The standard InChI is InChI=1S/C25H25F3N2O5/c1-24(25(26,27)28,22(33)29-20(12-21(31)32)14-10-11-14)30-23(34)35-13-19-17-8-4-2-6-15(17)16-7-3-5-9-18(16)19/h2-9,14,19-20H,10-13H2,1H3,(H,29,33)(H,30,34)(H,31,32). The molecule has 0 aromatic heterocycles. The Bertz CT molecular complexity index is 1100. The van der Waals surface area contributed by atoms with E-state index in [2.05, 4.69) is 5.32 Å². The molecule has 2 aromatic carbocycles. The van der Waals surface area contributed by atoms with Crippen molar-refractivity contribution in [2.24, 2.45) is 5.92 Å². The first kappa shape index (κ1) is 24.6. The predicted molar refractivity (Wildman–Crippen MR) is 120 cm³/mol. The summed E-state index contributed by atoms with van der Waals surface area (Å²) >= 11 is 0. The summed E-state index contributed by atoms with van der Waals surface area (Å²) in [5.41, 5.74) is 0.390. The SMILES string of the molecule is CC(NC(=O)OCC1c2ccccc2-c2ccccc21)(C(=O)NC(CC(=O)O)C1CC1)C(F)(F)F. The van der Waals surface area contributed by atoms with Crippen molar-refractivity contribution >= 4 is 18.0 Å². The second-order valence-corrected chi connectivity index (χ2v) is 9.09. The second kappa shape index (κ2) is 9.24. The number of aliphatic carboxylic acids is 1. The Balaban J connectivity index is 1.47. The maximum Gasteiger partial charge on any atom is 0.420 e. The van der Waals surface area contributed by atoms with E-state index < -0.39 is 42.1 Å². The van der Waals surface area contributed by atoms with E-state index in [1.165, 1.54) is 0 Å². The molecule has 2 aromatic rings. The van der Waals surface area contributed by atoms with Gasteiger partial charge in [0, 0.05) is 12.0 Å². The van der Waals surface area contributed by atoms with Crippen LogP contribution in [0.4, 0.5) is 18.0 Å². The third-order valence-corrected chi connectivity index (χ3v) is 6.62. The molecule has 186 valence electrons. The van der Waals surface area contributed by atoms with Crippen molar-refractivity contribution in [2.45, 2.75) is 49.9 Å². The molecule has 0 aliphatic heterocycles. The van der Waals surface area contributed by atoms with E-state index in [-0.39, 0.29) is 18.4 Å². The molecule has 10 heteroatoms. The fourth-order valence-corrected chi connectivity index (χ4v) is 4.43. The minimum atomic E-state index is -5.15. The Hall–Kier alpha value is -3.56. The molecule has 1 saturated carbocycles. The highest BCUT2D eigenvalue weighted by atomic mass is 19.4. The van der Waals surface area contributed by atoms with Crippen molar-refractivity contribution in [3.05, 3.63) is 59.7 Å². The van der Waals surface area contributed by atoms with E-state index in [1.54, 1.807) is 5.32 Å². The number of nitrogens with one attached hydrogen (secondary N) is 2. The van der Waals surface area contributed by atoms with Crippen LogP contribution in [0, 0.1) is 5.92 Å². The topological polar surface area (TPSA) is 105 Å². The molecule has 2 aliphatic rings. The fourth-order valence-electron chi connectivity index (χ4n) is 4.43. The van der Waals surface area contributed by atoms with E-state index in [9.17, 15) is 27.6 Å². The second-order valence-electron chi connectivity index (χ2n) is 9.09. The number of ether oxygens (including phenoxy) is 1. The average molecular weight is 490 g/mol. The molecule has 0 bridgehead atoms. The van der Waals surface area contributed by atoms with Gasteiger partial charge in [0.1, 0.15) is 6.61 Å². The summed E-state index contributed by atoms with van der Waals surface area (Å²) in [4.78, 5) is 36.2. The van der Waals surface area contributed by atoms with Crippen molar-refractivity contribution in [3.63, 3.8) is 0 Å². The van der Waals surface area contributed by atoms with Gasteiger partial charge in [0.15, 0.2) is 0 Å². The third-order valence-electron chi connectivity index (χ3n) is 6.62. The molecule has 7 nitrogen and oxygen atoms in total. The largest absolute Gasteiger partial charge is 0.481 e. The number of carbonyl (C=O) groups excluding carboxylic acids is 2. The molecule has 4 rings (SSSR count). The molecule has 0 radical (unpaired) electrons. The number of alkyl halides is 3. The Labute approximate surface area is 199 Å². The van der Waals surface area contributed by atoms with E-state index >= 15 is 0 Å². The molecular weight excluding hydrogens is 465 g/mol. The predicted octanol–water partition coefficient (Wildman–Crippen LogP) is 4.22. The minimum Gasteiger partial charge on any atom is -0.481 e. The number of amides is 2. The molecule has 0 spiro atoms. The van der Waals surface area contributed by atoms with E-state index in [0.29, 0.717) is 19.8 Å². The molecule has 3 N–H and O–H groups in total. The van der Waals surface area contributed by atoms with E-state index in [0.717, 1.165) is 22.3 Å². The number of carbonyl (C=O) groups is 3. The summed E-state index contributed by atoms with van der Waals surface area (Å²) in [5, 5.41) is 12.9. The molecule has 2 amide bonds. The maximum absolute atomic E-state index is 13.9. The van der Waals surface area contributed by atoms with Gasteiger partial charge in [-0.2, -0.15) is 13.2 Å². The van der Waals surface area contributed by atoms with Crippen LogP contribution in [0.1, 0.15) is 43.2 Å². The summed E-state index contributed by atoms with van der Waals surface area (Å²) in [6.07, 6.45) is -5.83. The number of hydrogen-bond donors (Lipinski definition) is 3. The van der Waals surface area contributed by atoms with Gasteiger partial charge in [0.2, 0.25) is 5.54 Å². The Morgan fingerprint density at radius 2 is 1.57 bits per heavy atom. The lowest BCUT2D eigenvalue weighted by molar-refractivity contribution is -0.194. The summed E-state index contributed by atoms with van der Waals surface area (Å²) in [5.74, 6) is -3.34. The van der Waals surface area contributed by atoms with Crippen LogP contribution in [-0.4, -0.2) is 47.4 Å². The zero-order valence-electron chi connectivity index (χ0n) is 18.9. The molecular formula is C25H25F3N2O5. The monoisotopic (exact) mass is 490 g/mol. The summed E-state index contributed by atoms with van der Waals surface area (Å²) < 4.78 is 47.0. The summed E-state index contributed by atoms with van der Waals surface area (Å²) in [7, 11) is 0. The number of benzene rings is 2. The fraction of sp³-hybridized carbons (Fsp3) is 0.400. The lowest BCUT2D eigenvalue weighted by Gasteiger charge is -2.32. The van der Waals surface area contributed by atoms with E-state index in [1.807, 2.05) is 48.5 Å². The molecule has 35 heavy (non-hydrogen) atoms. The Morgan fingerprint density at radius 3 is 2.06 bits per heavy atom. The van der Waals surface area contributed by atoms with Gasteiger partial charge in [-0.05, 0) is 47.9 Å². The molecule has 0 saturated heterocycles. The molecule has 2 aliphatic carbocycles. The van der Waals surface area contributed by atoms with Gasteiger partial charge in [-0.25, -0.2) is 4.79 Å². The van der Waals surface area contributed by atoms with Crippen molar-refractivity contribution < 1.29 is 37.4 Å². The number of halogens is 3. The first-order valence-corrected chi connectivity index (χ1v) is 11.2. The highest BCUT2D eigenvalue weighted by molar-refractivity contribution is 5.91. The molecule has 2 unspecified atom stereocenters. The first-order valence-electron chi connectivity index (χ1n) is 11.2. The lowest BCUT2D eigenvalue weighted by atomic mass is 9.98. The normalized spacial score (nSPS) is 17.5. The van der Waals surface area contributed by atoms with Gasteiger partial charge in [0.05, 0.1) is 6.42 Å². The number of alkyl carbamates (subject to hydrolysis) is 1. The number of rotatable bonds is 8. The van der Waals surface area contributed by atoms with Gasteiger partial charge in [-0.3, -0.25) is 14.9 Å². The number of hydrogen-bond acceptors (Lipinski definition) is 4. The van der Waals surface area contributed by atoms with Gasteiger partial charge in [-0.15, -0.1) is 0 Å². The molecule has 1 fully saturated rings. The van der Waals surface area contributed by atoms with Crippen molar-refractivity contribution in [2.75, 3.05) is 6.61 Å².